The zero-order valence-corrected chi connectivity index (χ0v) is 20.5. The molecule has 0 aliphatic carbocycles. The quantitative estimate of drug-likeness (QED) is 0.286. The molecule has 0 unspecified atom stereocenters. The van der Waals surface area contributed by atoms with Gasteiger partial charge < -0.3 is 16.6 Å². The average molecular weight is 413 g/mol. The van der Waals surface area contributed by atoms with E-state index in [0.717, 1.165) is 32.1 Å². The topological polar surface area (TPSA) is 40.9 Å². The van der Waals surface area contributed by atoms with Crippen LogP contribution >= 0.6 is 22.1 Å². The summed E-state index contributed by atoms with van der Waals surface area (Å²) < 4.78 is 1.13. The molecule has 0 atom stereocenters. The zero-order chi connectivity index (χ0) is 17.3. The number of anilines is 1. The minimum absolute atomic E-state index is 0. The Morgan fingerprint density at radius 1 is 1.12 bits per heavy atom. The molecule has 2 aromatic carbocycles. The molecular weight excluding hydrogens is 396 g/mol. The van der Waals surface area contributed by atoms with E-state index in [0.29, 0.717) is 5.13 Å². The molecule has 0 aliphatic heterocycles. The predicted molar refractivity (Wildman–Crippen MR) is 107 cm³/mol. The minimum atomic E-state index is 0. The molecule has 0 saturated heterocycles. The summed E-state index contributed by atoms with van der Waals surface area (Å²) in [6.07, 6.45) is 0. The van der Waals surface area contributed by atoms with Crippen LogP contribution in [0.2, 0.25) is 0 Å². The van der Waals surface area contributed by atoms with Crippen LogP contribution in [-0.2, 0) is 11.7 Å². The van der Waals surface area contributed by atoms with Gasteiger partial charge in [-0.3, -0.25) is 10.8 Å². The van der Waals surface area contributed by atoms with E-state index in [4.69, 9.17) is 11.7 Å². The van der Waals surface area contributed by atoms with Gasteiger partial charge in [0.15, 0.2) is 0 Å². The molecule has 25 heavy (non-hydrogen) atoms. The monoisotopic (exact) mass is 412 g/mol. The van der Waals surface area contributed by atoms with E-state index in [1.165, 1.54) is 16.4 Å². The third kappa shape index (κ3) is 5.07. The molecule has 0 saturated carbocycles. The number of hydrogen-bond donors (Lipinski definition) is 0. The molecule has 124 valence electrons. The maximum Gasteiger partial charge on any atom is 1.00 e. The van der Waals surface area contributed by atoms with Crippen molar-refractivity contribution in [1.82, 2.24) is 4.98 Å². The van der Waals surface area contributed by atoms with Gasteiger partial charge >= 0.3 is 51.4 Å². The normalized spacial score (nSPS) is 11.1. The van der Waals surface area contributed by atoms with Crippen molar-refractivity contribution >= 4 is 60.5 Å². The van der Waals surface area contributed by atoms with Gasteiger partial charge in [0.2, 0.25) is 5.13 Å². The van der Waals surface area contributed by atoms with E-state index in [1.807, 2.05) is 26.2 Å². The molecule has 0 amide bonds. The van der Waals surface area contributed by atoms with Crippen LogP contribution in [0.25, 0.3) is 10.2 Å². The molecule has 0 aliphatic rings. The third-order valence-corrected chi connectivity index (χ3v) is 5.57. The van der Waals surface area contributed by atoms with Gasteiger partial charge in [0.1, 0.15) is 0 Å². The second-order valence-corrected chi connectivity index (χ2v) is 7.87. The van der Waals surface area contributed by atoms with Crippen molar-refractivity contribution in [3.8, 4) is 0 Å². The van der Waals surface area contributed by atoms with E-state index in [-0.39, 0.29) is 51.4 Å². The van der Waals surface area contributed by atoms with Crippen molar-refractivity contribution in [2.24, 2.45) is 10.2 Å². The van der Waals surface area contributed by atoms with E-state index >= 15 is 0 Å². The van der Waals surface area contributed by atoms with Crippen LogP contribution in [0.1, 0.15) is 11.1 Å². The molecule has 8 heteroatoms. The predicted octanol–water partition coefficient (Wildman–Crippen LogP) is 2.95. The summed E-state index contributed by atoms with van der Waals surface area (Å²) in [5, 5.41) is 9.38. The van der Waals surface area contributed by atoms with Crippen LogP contribution in [-0.4, -0.2) is 19.1 Å². The minimum Gasteiger partial charge on any atom is -0.714 e. The molecule has 0 N–H and O–H groups in total. The Hall–Kier alpha value is 0.0664. The fourth-order valence-corrected chi connectivity index (χ4v) is 4.08. The molecule has 0 bridgehead atoms. The maximum absolute atomic E-state index is 5.18. The maximum atomic E-state index is 5.18. The first-order chi connectivity index (χ1) is 11.5. The molecule has 0 spiro atoms. The van der Waals surface area contributed by atoms with Crippen LogP contribution < -0.4 is 56.3 Å². The fraction of sp³-hybridized carbons (Fsp3) is 0.235. The van der Waals surface area contributed by atoms with Crippen LogP contribution in [0.5, 0.6) is 0 Å². The molecule has 3 aromatic rings. The van der Waals surface area contributed by atoms with Gasteiger partial charge in [-0.15, -0.1) is 10.2 Å². The van der Waals surface area contributed by atoms with Gasteiger partial charge in [0.25, 0.3) is 0 Å². The number of azo groups is 1. The Morgan fingerprint density at radius 2 is 1.88 bits per heavy atom. The average Bonchev–Trinajstić information content (AvgIpc) is 2.94. The number of thiazole rings is 1. The van der Waals surface area contributed by atoms with E-state index in [9.17, 15) is 0 Å². The van der Waals surface area contributed by atoms with Crippen LogP contribution in [0, 0.1) is 13.8 Å². The van der Waals surface area contributed by atoms with Gasteiger partial charge in [-0.05, 0) is 49.2 Å². The van der Waals surface area contributed by atoms with Crippen molar-refractivity contribution in [3.05, 3.63) is 41.5 Å². The van der Waals surface area contributed by atoms with E-state index < -0.39 is 0 Å². The van der Waals surface area contributed by atoms with Gasteiger partial charge in [-0.2, -0.15) is 0 Å². The molecule has 1 heterocycles. The van der Waals surface area contributed by atoms with Gasteiger partial charge in [-0.25, -0.2) is 4.98 Å². The molecule has 4 nitrogen and oxygen atoms in total. The summed E-state index contributed by atoms with van der Waals surface area (Å²) in [4.78, 5) is 7.51. The van der Waals surface area contributed by atoms with Crippen molar-refractivity contribution in [2.45, 2.75) is 18.7 Å². The van der Waals surface area contributed by atoms with Crippen molar-refractivity contribution in [2.75, 3.05) is 19.0 Å². The Labute approximate surface area is 203 Å². The molecule has 0 radical (unpaired) electrons. The van der Waals surface area contributed by atoms with Crippen molar-refractivity contribution < 1.29 is 51.4 Å². The van der Waals surface area contributed by atoms with Crippen LogP contribution in [0.15, 0.2) is 45.5 Å². The summed E-state index contributed by atoms with van der Waals surface area (Å²) in [6.45, 7) is 4.13. The fourth-order valence-electron chi connectivity index (χ4n) is 2.45. The number of aryl methyl sites for hydroxylation is 2. The first-order valence-corrected chi connectivity index (χ1v) is 9.94. The second-order valence-electron chi connectivity index (χ2n) is 5.75. The second kappa shape index (κ2) is 9.32. The third-order valence-electron chi connectivity index (χ3n) is 3.63. The number of fused-ring (bicyclic) bond motifs is 1. The number of aromatic nitrogens is 1. The van der Waals surface area contributed by atoms with E-state index in [2.05, 4.69) is 52.2 Å². The smallest absolute Gasteiger partial charge is 0.714 e. The number of benzene rings is 2. The van der Waals surface area contributed by atoms with Crippen LogP contribution in [0.3, 0.4) is 0 Å². The number of rotatable bonds is 4. The van der Waals surface area contributed by atoms with Crippen molar-refractivity contribution in [3.63, 3.8) is 0 Å². The Balaban J connectivity index is 0.00000225. The molecule has 1 aromatic heterocycles. The Bertz CT molecular complexity index is 922. The standard InChI is InChI=1S/C17H18N4S3.K/c1-10-5-6-12-15(7-10)23-17(18-12)20-19-13-8-11(2)14(21(3)4)9-16(13)24-22;/h5-9,22H,1-4H3;/q;+1/p-1. The molecule has 3 rings (SSSR count). The summed E-state index contributed by atoms with van der Waals surface area (Å²) in [7, 11) is 5.30. The largest absolute Gasteiger partial charge is 1.00 e. The van der Waals surface area contributed by atoms with Gasteiger partial charge in [0, 0.05) is 24.7 Å². The van der Waals surface area contributed by atoms with Gasteiger partial charge in [0.05, 0.1) is 15.9 Å². The Morgan fingerprint density at radius 3 is 2.56 bits per heavy atom. The number of hydrogen-bond acceptors (Lipinski definition) is 7. The SMILES string of the molecule is Cc1ccc2nc(N=Nc3cc(C)c(N(C)C)cc3S[S-])sc2c1.[K+]. The summed E-state index contributed by atoms with van der Waals surface area (Å²) in [6, 6.07) is 10.3. The zero-order valence-electron chi connectivity index (χ0n) is 14.9. The van der Waals surface area contributed by atoms with E-state index in [1.54, 1.807) is 11.3 Å². The first kappa shape index (κ1) is 21.4. The first-order valence-electron chi connectivity index (χ1n) is 7.38. The summed E-state index contributed by atoms with van der Waals surface area (Å²) in [5.41, 5.74) is 5.23. The van der Waals surface area contributed by atoms with Crippen LogP contribution in [0.4, 0.5) is 16.5 Å². The molecular formula is C17H17KN4S3. The number of nitrogens with zero attached hydrogens (tertiary/aromatic N) is 4. The summed E-state index contributed by atoms with van der Waals surface area (Å²) in [5.74, 6) is 0. The van der Waals surface area contributed by atoms with Gasteiger partial charge in [-0.1, -0.05) is 17.4 Å². The summed E-state index contributed by atoms with van der Waals surface area (Å²) >= 11 is 6.72. The molecule has 0 fully saturated rings. The Kier molecular flexibility index (Phi) is 7.97. The van der Waals surface area contributed by atoms with Crippen molar-refractivity contribution in [1.29, 1.82) is 0 Å².